The average Bonchev–Trinajstić information content (AvgIpc) is 2.07. The van der Waals surface area contributed by atoms with Gasteiger partial charge in [-0.2, -0.15) is 0 Å². The fourth-order valence-corrected chi connectivity index (χ4v) is 2.24. The molecule has 1 aliphatic carbocycles. The van der Waals surface area contributed by atoms with Gasteiger partial charge in [-0.3, -0.25) is 0 Å². The summed E-state index contributed by atoms with van der Waals surface area (Å²) >= 11 is 0. The van der Waals surface area contributed by atoms with E-state index >= 15 is 0 Å². The molecular formula is C11H22O3. The van der Waals surface area contributed by atoms with Crippen molar-refractivity contribution in [1.29, 1.82) is 0 Å². The van der Waals surface area contributed by atoms with Gasteiger partial charge in [0.15, 0.2) is 0 Å². The number of hydrogen-bond donors (Lipinski definition) is 3. The molecular weight excluding hydrogens is 180 g/mol. The van der Waals surface area contributed by atoms with Crippen molar-refractivity contribution in [3.63, 3.8) is 0 Å². The van der Waals surface area contributed by atoms with Gasteiger partial charge < -0.3 is 15.3 Å². The first-order valence-corrected chi connectivity index (χ1v) is 5.33. The molecule has 0 aliphatic heterocycles. The van der Waals surface area contributed by atoms with Gasteiger partial charge in [-0.25, -0.2) is 0 Å². The van der Waals surface area contributed by atoms with E-state index in [2.05, 4.69) is 20.8 Å². The largest absolute Gasteiger partial charge is 0.396 e. The Morgan fingerprint density at radius 2 is 1.71 bits per heavy atom. The molecule has 0 bridgehead atoms. The van der Waals surface area contributed by atoms with Gasteiger partial charge in [0.1, 0.15) is 0 Å². The smallest absolute Gasteiger partial charge is 0.0849 e. The Bertz CT molecular complexity index is 185. The van der Waals surface area contributed by atoms with E-state index in [1.807, 2.05) is 0 Å². The normalized spacial score (nSPS) is 39.9. The van der Waals surface area contributed by atoms with Gasteiger partial charge in [0.05, 0.1) is 12.2 Å². The first-order valence-electron chi connectivity index (χ1n) is 5.33. The minimum Gasteiger partial charge on any atom is -0.396 e. The summed E-state index contributed by atoms with van der Waals surface area (Å²) in [5, 5.41) is 28.4. The van der Waals surface area contributed by atoms with E-state index in [0.717, 1.165) is 6.42 Å². The Balaban J connectivity index is 2.68. The number of aliphatic hydroxyl groups excluding tert-OH is 3. The molecule has 0 saturated heterocycles. The molecule has 3 nitrogen and oxygen atoms in total. The third-order valence-electron chi connectivity index (χ3n) is 3.45. The van der Waals surface area contributed by atoms with E-state index < -0.39 is 12.2 Å². The van der Waals surface area contributed by atoms with Crippen molar-refractivity contribution in [3.8, 4) is 0 Å². The Morgan fingerprint density at radius 1 is 1.14 bits per heavy atom. The van der Waals surface area contributed by atoms with Crippen LogP contribution in [0.2, 0.25) is 0 Å². The van der Waals surface area contributed by atoms with E-state index in [0.29, 0.717) is 12.3 Å². The summed E-state index contributed by atoms with van der Waals surface area (Å²) in [6, 6.07) is 0. The summed E-state index contributed by atoms with van der Waals surface area (Å²) in [6.45, 7) is 6.37. The first-order chi connectivity index (χ1) is 6.36. The van der Waals surface area contributed by atoms with Crippen LogP contribution in [-0.2, 0) is 0 Å². The van der Waals surface area contributed by atoms with Crippen LogP contribution in [0.5, 0.6) is 0 Å². The summed E-state index contributed by atoms with van der Waals surface area (Å²) < 4.78 is 0. The molecule has 0 aromatic heterocycles. The maximum absolute atomic E-state index is 9.65. The third-order valence-corrected chi connectivity index (χ3v) is 3.45. The van der Waals surface area contributed by atoms with Crippen molar-refractivity contribution in [1.82, 2.24) is 0 Å². The number of hydrogen-bond acceptors (Lipinski definition) is 3. The van der Waals surface area contributed by atoms with Crippen molar-refractivity contribution in [2.45, 2.75) is 45.8 Å². The number of rotatable bonds is 1. The van der Waals surface area contributed by atoms with Crippen LogP contribution in [0.4, 0.5) is 0 Å². The molecule has 0 amide bonds. The maximum Gasteiger partial charge on any atom is 0.0849 e. The molecule has 1 fully saturated rings. The zero-order valence-corrected chi connectivity index (χ0v) is 9.27. The Labute approximate surface area is 85.8 Å². The van der Waals surface area contributed by atoms with Crippen LogP contribution in [0.25, 0.3) is 0 Å². The maximum atomic E-state index is 9.65. The molecule has 3 N–H and O–H groups in total. The van der Waals surface area contributed by atoms with Gasteiger partial charge in [-0.1, -0.05) is 20.8 Å². The van der Waals surface area contributed by atoms with Gasteiger partial charge in [0, 0.05) is 12.5 Å². The first kappa shape index (κ1) is 12.0. The molecule has 1 saturated carbocycles. The molecule has 0 aromatic rings. The van der Waals surface area contributed by atoms with Crippen molar-refractivity contribution in [2.24, 2.45) is 17.3 Å². The van der Waals surface area contributed by atoms with Crippen LogP contribution < -0.4 is 0 Å². The van der Waals surface area contributed by atoms with Gasteiger partial charge in [0.25, 0.3) is 0 Å². The molecule has 1 aliphatic rings. The van der Waals surface area contributed by atoms with Crippen molar-refractivity contribution < 1.29 is 15.3 Å². The lowest BCUT2D eigenvalue weighted by Gasteiger charge is -2.42. The summed E-state index contributed by atoms with van der Waals surface area (Å²) in [5.41, 5.74) is 0.133. The van der Waals surface area contributed by atoms with E-state index in [4.69, 9.17) is 5.11 Å². The zero-order chi connectivity index (χ0) is 10.9. The molecule has 4 atom stereocenters. The second kappa shape index (κ2) is 4.17. The van der Waals surface area contributed by atoms with Gasteiger partial charge in [0.2, 0.25) is 0 Å². The number of aliphatic hydroxyl groups is 3. The van der Waals surface area contributed by atoms with Crippen LogP contribution in [0.3, 0.4) is 0 Å². The molecule has 14 heavy (non-hydrogen) atoms. The lowest BCUT2D eigenvalue weighted by atomic mass is 9.67. The topological polar surface area (TPSA) is 60.7 Å². The summed E-state index contributed by atoms with van der Waals surface area (Å²) in [6.07, 6.45) is 0.0167. The summed E-state index contributed by atoms with van der Waals surface area (Å²) in [5.74, 6) is 0.209. The van der Waals surface area contributed by atoms with Crippen molar-refractivity contribution in [2.75, 3.05) is 6.61 Å². The molecule has 3 heteroatoms. The lowest BCUT2D eigenvalue weighted by Crippen LogP contribution is -2.45. The highest BCUT2D eigenvalue weighted by Gasteiger charge is 2.39. The van der Waals surface area contributed by atoms with Crippen molar-refractivity contribution in [3.05, 3.63) is 0 Å². The van der Waals surface area contributed by atoms with Gasteiger partial charge >= 0.3 is 0 Å². The molecule has 0 radical (unpaired) electrons. The van der Waals surface area contributed by atoms with Crippen LogP contribution in [0.15, 0.2) is 0 Å². The second-order valence-electron chi connectivity index (χ2n) is 5.53. The standard InChI is InChI=1S/C11H22O3/c1-11(2,3)8-4-7(6-12)10(14)9(13)5-8/h7-10,12-14H,4-6H2,1-3H3/t7-,8?,9+,10-/m1/s1. The summed E-state index contributed by atoms with van der Waals surface area (Å²) in [4.78, 5) is 0. The van der Waals surface area contributed by atoms with Crippen molar-refractivity contribution >= 4 is 0 Å². The highest BCUT2D eigenvalue weighted by molar-refractivity contribution is 4.90. The fourth-order valence-electron chi connectivity index (χ4n) is 2.24. The second-order valence-corrected chi connectivity index (χ2v) is 5.53. The zero-order valence-electron chi connectivity index (χ0n) is 9.27. The summed E-state index contributed by atoms with van der Waals surface area (Å²) in [7, 11) is 0. The van der Waals surface area contributed by atoms with Crippen LogP contribution in [0, 0.1) is 17.3 Å². The fraction of sp³-hybridized carbons (Fsp3) is 1.00. The third kappa shape index (κ3) is 2.47. The predicted molar refractivity (Wildman–Crippen MR) is 54.8 cm³/mol. The minimum absolute atomic E-state index is 0.0369. The van der Waals surface area contributed by atoms with Crippen LogP contribution >= 0.6 is 0 Å². The van der Waals surface area contributed by atoms with Crippen LogP contribution in [-0.4, -0.2) is 34.1 Å². The molecule has 0 spiro atoms. The highest BCUT2D eigenvalue weighted by Crippen LogP contribution is 2.40. The van der Waals surface area contributed by atoms with E-state index in [1.54, 1.807) is 0 Å². The Kier molecular flexibility index (Phi) is 3.56. The molecule has 0 heterocycles. The van der Waals surface area contributed by atoms with Gasteiger partial charge in [-0.15, -0.1) is 0 Å². The molecule has 84 valence electrons. The van der Waals surface area contributed by atoms with E-state index in [1.165, 1.54) is 0 Å². The lowest BCUT2D eigenvalue weighted by molar-refractivity contribution is -0.0902. The monoisotopic (exact) mass is 202 g/mol. The average molecular weight is 202 g/mol. The highest BCUT2D eigenvalue weighted by atomic mass is 16.3. The predicted octanol–water partition coefficient (Wildman–Crippen LogP) is 0.773. The molecule has 1 unspecified atom stereocenters. The Hall–Kier alpha value is -0.120. The molecule has 1 rings (SSSR count). The van der Waals surface area contributed by atoms with Crippen LogP contribution in [0.1, 0.15) is 33.6 Å². The Morgan fingerprint density at radius 3 is 2.14 bits per heavy atom. The molecule has 0 aromatic carbocycles. The van der Waals surface area contributed by atoms with E-state index in [9.17, 15) is 10.2 Å². The van der Waals surface area contributed by atoms with E-state index in [-0.39, 0.29) is 17.9 Å². The minimum atomic E-state index is -0.751. The SMILES string of the molecule is CC(C)(C)C1C[C@H](CO)[C@@H](O)[C@@H](O)C1. The van der Waals surface area contributed by atoms with Gasteiger partial charge in [-0.05, 0) is 24.2 Å². The quantitative estimate of drug-likeness (QED) is 0.588.